The zero-order chi connectivity index (χ0) is 41.7. The first-order valence-corrected chi connectivity index (χ1v) is 21.5. The van der Waals surface area contributed by atoms with Gasteiger partial charge in [0.2, 0.25) is 0 Å². The molecule has 298 valence electrons. The lowest BCUT2D eigenvalue weighted by Gasteiger charge is -2.45. The molecule has 5 heteroatoms. The highest BCUT2D eigenvalue weighted by Gasteiger charge is 2.22. The van der Waals surface area contributed by atoms with Gasteiger partial charge < -0.3 is 10.6 Å². The van der Waals surface area contributed by atoms with Crippen molar-refractivity contribution in [3.05, 3.63) is 247 Å². The minimum atomic E-state index is -0.179. The van der Waals surface area contributed by atoms with Gasteiger partial charge in [-0.25, -0.2) is 4.98 Å². The van der Waals surface area contributed by atoms with Gasteiger partial charge >= 0.3 is 0 Å². The number of hydrogen-bond donors (Lipinski definition) is 1. The van der Waals surface area contributed by atoms with Gasteiger partial charge in [0.1, 0.15) is 5.82 Å². The number of rotatable bonds is 7. The third-order valence-corrected chi connectivity index (χ3v) is 12.5. The van der Waals surface area contributed by atoms with Crippen molar-refractivity contribution in [2.45, 2.75) is 12.2 Å². The summed E-state index contributed by atoms with van der Waals surface area (Å²) in [6.45, 7) is 0. The van der Waals surface area contributed by atoms with Gasteiger partial charge in [0, 0.05) is 39.3 Å². The van der Waals surface area contributed by atoms with E-state index in [0.29, 0.717) is 0 Å². The number of pyridine rings is 1. The standard InChI is InChI=1S/C58H40N5/c1-3-13-38(14-4-1)39-24-28-43(29-25-39)52-37-53(61-57(60-52)45-16-5-2-6-17-45)44-30-26-40(27-31-44)41-32-34-46(35-33-41)63-56-49-21-10-9-20-48(49)54-51(23-12-36-59-54)55(56)62-58(63)50-22-11-18-42-15-7-8-19-47(42)50/h1-37,52,57,61H/q-1. The van der Waals surface area contributed by atoms with Gasteiger partial charge in [-0.05, 0) is 74.6 Å². The van der Waals surface area contributed by atoms with Crippen LogP contribution in [0.15, 0.2) is 225 Å². The molecule has 2 atom stereocenters. The van der Waals surface area contributed by atoms with Crippen LogP contribution in [0.5, 0.6) is 0 Å². The van der Waals surface area contributed by atoms with Crippen molar-refractivity contribution in [2.24, 2.45) is 0 Å². The number of imidazole rings is 1. The summed E-state index contributed by atoms with van der Waals surface area (Å²) >= 11 is 0. The number of fused-ring (bicyclic) bond motifs is 7. The van der Waals surface area contributed by atoms with E-state index in [9.17, 15) is 0 Å². The molecule has 3 heterocycles. The second kappa shape index (κ2) is 15.4. The van der Waals surface area contributed by atoms with Gasteiger partial charge in [0.25, 0.3) is 0 Å². The van der Waals surface area contributed by atoms with E-state index in [1.807, 2.05) is 12.3 Å². The van der Waals surface area contributed by atoms with Crippen molar-refractivity contribution < 1.29 is 0 Å². The molecule has 12 rings (SSSR count). The molecule has 0 fully saturated rings. The molecule has 1 N–H and O–H groups in total. The van der Waals surface area contributed by atoms with Gasteiger partial charge in [0.05, 0.1) is 16.6 Å². The number of nitrogens with one attached hydrogen (secondary N) is 1. The Morgan fingerprint density at radius 3 is 1.79 bits per heavy atom. The van der Waals surface area contributed by atoms with E-state index in [1.54, 1.807) is 0 Å². The zero-order valence-corrected chi connectivity index (χ0v) is 34.3. The highest BCUT2D eigenvalue weighted by atomic mass is 15.2. The summed E-state index contributed by atoms with van der Waals surface area (Å²) in [5, 5.41) is 14.7. The second-order valence-corrected chi connectivity index (χ2v) is 16.2. The average molecular weight is 807 g/mol. The Kier molecular flexibility index (Phi) is 8.98. The van der Waals surface area contributed by atoms with Crippen LogP contribution >= 0.6 is 0 Å². The number of aromatic nitrogens is 3. The Morgan fingerprint density at radius 2 is 1.03 bits per heavy atom. The van der Waals surface area contributed by atoms with Crippen LogP contribution in [0.4, 0.5) is 0 Å². The first-order valence-electron chi connectivity index (χ1n) is 21.5. The van der Waals surface area contributed by atoms with Crippen LogP contribution in [0, 0.1) is 0 Å². The normalized spacial score (nSPS) is 15.1. The molecule has 2 unspecified atom stereocenters. The summed E-state index contributed by atoms with van der Waals surface area (Å²) in [6.07, 6.45) is 3.95. The van der Waals surface area contributed by atoms with Gasteiger partial charge in [-0.15, -0.1) is 0 Å². The molecule has 0 radical (unpaired) electrons. The Hall–Kier alpha value is -8.12. The zero-order valence-electron chi connectivity index (χ0n) is 34.3. The first kappa shape index (κ1) is 36.7. The highest BCUT2D eigenvalue weighted by Crippen LogP contribution is 2.42. The smallest absolute Gasteiger partial charge is 0.146 e. The molecule has 11 aromatic rings. The van der Waals surface area contributed by atoms with Crippen LogP contribution in [-0.4, -0.2) is 14.5 Å². The summed E-state index contributed by atoms with van der Waals surface area (Å²) in [5.74, 6) is 0.902. The molecule has 2 aromatic heterocycles. The molecule has 5 nitrogen and oxygen atoms in total. The predicted molar refractivity (Wildman–Crippen MR) is 261 cm³/mol. The fourth-order valence-corrected chi connectivity index (χ4v) is 9.33. The molecule has 0 bridgehead atoms. The lowest BCUT2D eigenvalue weighted by molar-refractivity contribution is 0.664. The molecule has 9 aromatic carbocycles. The molecular formula is C58H40N5-. The number of nitrogens with zero attached hydrogens (tertiary/aromatic N) is 4. The van der Waals surface area contributed by atoms with Crippen LogP contribution in [0.1, 0.15) is 28.9 Å². The molecule has 0 aliphatic carbocycles. The fraction of sp³-hybridized carbons (Fsp3) is 0.0345. The van der Waals surface area contributed by atoms with E-state index in [-0.39, 0.29) is 12.2 Å². The lowest BCUT2D eigenvalue weighted by atomic mass is 9.95. The van der Waals surface area contributed by atoms with E-state index < -0.39 is 0 Å². The molecule has 0 spiro atoms. The molecular weight excluding hydrogens is 767 g/mol. The lowest BCUT2D eigenvalue weighted by Crippen LogP contribution is -2.25. The van der Waals surface area contributed by atoms with Crippen LogP contribution in [0.3, 0.4) is 0 Å². The van der Waals surface area contributed by atoms with Crippen molar-refractivity contribution in [1.82, 2.24) is 19.9 Å². The highest BCUT2D eigenvalue weighted by molar-refractivity contribution is 6.23. The van der Waals surface area contributed by atoms with Crippen LogP contribution in [0.2, 0.25) is 0 Å². The predicted octanol–water partition coefficient (Wildman–Crippen LogP) is 14.6. The van der Waals surface area contributed by atoms with Crippen molar-refractivity contribution in [1.29, 1.82) is 0 Å². The maximum Gasteiger partial charge on any atom is 0.146 e. The minimum absolute atomic E-state index is 0.104. The van der Waals surface area contributed by atoms with Crippen LogP contribution < -0.4 is 5.32 Å². The Balaban J connectivity index is 0.919. The largest absolute Gasteiger partial charge is 0.629 e. The van der Waals surface area contributed by atoms with E-state index in [1.165, 1.54) is 27.5 Å². The van der Waals surface area contributed by atoms with Crippen molar-refractivity contribution in [3.8, 4) is 39.3 Å². The average Bonchev–Trinajstić information content (AvgIpc) is 3.78. The molecule has 0 amide bonds. The van der Waals surface area contributed by atoms with E-state index in [4.69, 9.17) is 15.3 Å². The van der Waals surface area contributed by atoms with Crippen LogP contribution in [-0.2, 0) is 0 Å². The minimum Gasteiger partial charge on any atom is -0.629 e. The molecule has 1 aliphatic rings. The third kappa shape index (κ3) is 6.54. The summed E-state index contributed by atoms with van der Waals surface area (Å²) in [7, 11) is 0. The summed E-state index contributed by atoms with van der Waals surface area (Å²) < 4.78 is 2.35. The quantitative estimate of drug-likeness (QED) is 0.163. The number of benzene rings is 9. The van der Waals surface area contributed by atoms with Crippen molar-refractivity contribution in [2.75, 3.05) is 0 Å². The van der Waals surface area contributed by atoms with Crippen molar-refractivity contribution >= 4 is 49.2 Å². The Morgan fingerprint density at radius 1 is 0.444 bits per heavy atom. The fourth-order valence-electron chi connectivity index (χ4n) is 9.33. The van der Waals surface area contributed by atoms with E-state index in [0.717, 1.165) is 77.7 Å². The van der Waals surface area contributed by atoms with Crippen molar-refractivity contribution in [3.63, 3.8) is 0 Å². The van der Waals surface area contributed by atoms with Gasteiger partial charge in [-0.2, -0.15) is 0 Å². The topological polar surface area (TPSA) is 56.8 Å². The molecule has 63 heavy (non-hydrogen) atoms. The molecule has 1 aliphatic heterocycles. The van der Waals surface area contributed by atoms with Crippen LogP contribution in [0.25, 0.3) is 93.8 Å². The Bertz CT molecular complexity index is 3480. The van der Waals surface area contributed by atoms with Gasteiger partial charge in [0.15, 0.2) is 0 Å². The molecule has 0 saturated heterocycles. The SMILES string of the molecule is C1=C(c2ccc(-c3ccc(-n4c(-c5cccc6ccccc56)nc5c6cccnc6c6ccccc6c54)cc3)cc2)NC(c2ccccc2)[N-]C1c1ccc(-c2ccccc2)cc1. The summed E-state index contributed by atoms with van der Waals surface area (Å²) in [4.78, 5) is 10.4. The first-order chi connectivity index (χ1) is 31.2. The van der Waals surface area contributed by atoms with Gasteiger partial charge in [-0.3, -0.25) is 9.55 Å². The maximum absolute atomic E-state index is 5.49. The summed E-state index contributed by atoms with van der Waals surface area (Å²) in [5.41, 5.74) is 14.3. The van der Waals surface area contributed by atoms with E-state index in [2.05, 4.69) is 222 Å². The van der Waals surface area contributed by atoms with E-state index >= 15 is 0 Å². The second-order valence-electron chi connectivity index (χ2n) is 16.2. The third-order valence-electron chi connectivity index (χ3n) is 12.5. The number of hydrogen-bond acceptors (Lipinski definition) is 3. The van der Waals surface area contributed by atoms with Gasteiger partial charge in [-0.1, -0.05) is 206 Å². The summed E-state index contributed by atoms with van der Waals surface area (Å²) in [6, 6.07) is 75.3. The Labute approximate surface area is 365 Å². The monoisotopic (exact) mass is 806 g/mol. The maximum atomic E-state index is 5.49. The molecule has 0 saturated carbocycles.